The summed E-state index contributed by atoms with van der Waals surface area (Å²) < 4.78 is 51.9. The fourth-order valence-corrected chi connectivity index (χ4v) is 3.77. The zero-order valence-electron chi connectivity index (χ0n) is 11.5. The molecule has 3 rings (SSSR count). The number of nitrogens with zero attached hydrogens (tertiary/aromatic N) is 1. The second-order valence-electron chi connectivity index (χ2n) is 6.02. The minimum Gasteiger partial charge on any atom is -0.329 e. The molecule has 1 saturated carbocycles. The maximum absolute atomic E-state index is 13.4. The van der Waals surface area contributed by atoms with Gasteiger partial charge < -0.3 is 5.73 Å². The molecule has 21 heavy (non-hydrogen) atoms. The quantitative estimate of drug-likeness (QED) is 0.868. The molecular formula is C15H18F4N2. The maximum Gasteiger partial charge on any atom is 0.419 e. The summed E-state index contributed by atoms with van der Waals surface area (Å²) in [6.07, 6.45) is -1.31. The van der Waals surface area contributed by atoms with E-state index in [1.165, 1.54) is 12.5 Å². The van der Waals surface area contributed by atoms with E-state index in [-0.39, 0.29) is 12.6 Å². The highest BCUT2D eigenvalue weighted by Gasteiger charge is 2.42. The van der Waals surface area contributed by atoms with Gasteiger partial charge in [0, 0.05) is 25.2 Å². The first kappa shape index (κ1) is 14.8. The van der Waals surface area contributed by atoms with Gasteiger partial charge in [0.25, 0.3) is 0 Å². The molecule has 0 amide bonds. The first-order valence-corrected chi connectivity index (χ1v) is 7.22. The van der Waals surface area contributed by atoms with Gasteiger partial charge in [0.2, 0.25) is 0 Å². The van der Waals surface area contributed by atoms with Crippen LogP contribution in [0.2, 0.25) is 0 Å². The smallest absolute Gasteiger partial charge is 0.329 e. The maximum atomic E-state index is 13.4. The lowest BCUT2D eigenvalue weighted by Gasteiger charge is -2.34. The van der Waals surface area contributed by atoms with E-state index in [9.17, 15) is 17.6 Å². The number of likely N-dealkylation sites (tertiary alicyclic amines) is 1. The second-order valence-corrected chi connectivity index (χ2v) is 6.02. The number of rotatable bonds is 3. The molecule has 116 valence electrons. The Hall–Kier alpha value is -1.14. The van der Waals surface area contributed by atoms with E-state index >= 15 is 0 Å². The van der Waals surface area contributed by atoms with Gasteiger partial charge in [-0.05, 0) is 42.9 Å². The highest BCUT2D eigenvalue weighted by molar-refractivity contribution is 5.30. The van der Waals surface area contributed by atoms with E-state index in [4.69, 9.17) is 5.73 Å². The lowest BCUT2D eigenvalue weighted by atomic mass is 9.99. The van der Waals surface area contributed by atoms with Crippen molar-refractivity contribution in [1.82, 2.24) is 4.90 Å². The van der Waals surface area contributed by atoms with Crippen LogP contribution in [0.4, 0.5) is 17.6 Å². The highest BCUT2D eigenvalue weighted by Crippen LogP contribution is 2.42. The summed E-state index contributed by atoms with van der Waals surface area (Å²) in [5.41, 5.74) is 5.05. The van der Waals surface area contributed by atoms with Crippen LogP contribution in [0.5, 0.6) is 0 Å². The standard InChI is InChI=1S/C15H18F4N2/c16-13-4-2-10(6-12(13)15(17,18)19)14(7-20)21-8-9-1-3-11(21)5-9/h2,4,6,9,11,14H,1,3,5,7-8,20H2. The average molecular weight is 302 g/mol. The van der Waals surface area contributed by atoms with Gasteiger partial charge in [-0.15, -0.1) is 0 Å². The van der Waals surface area contributed by atoms with Gasteiger partial charge in [-0.3, -0.25) is 4.90 Å². The van der Waals surface area contributed by atoms with Crippen LogP contribution in [0.3, 0.4) is 0 Å². The molecule has 1 aromatic rings. The monoisotopic (exact) mass is 302 g/mol. The molecule has 6 heteroatoms. The molecule has 0 radical (unpaired) electrons. The molecule has 1 aromatic carbocycles. The molecule has 1 aliphatic heterocycles. The Morgan fingerprint density at radius 1 is 1.29 bits per heavy atom. The topological polar surface area (TPSA) is 29.3 Å². The van der Waals surface area contributed by atoms with E-state index in [0.717, 1.165) is 31.5 Å². The lowest BCUT2D eigenvalue weighted by Crippen LogP contribution is -2.39. The molecule has 3 unspecified atom stereocenters. The van der Waals surface area contributed by atoms with Crippen molar-refractivity contribution >= 4 is 0 Å². The molecule has 2 fully saturated rings. The Labute approximate surface area is 120 Å². The van der Waals surface area contributed by atoms with Gasteiger partial charge >= 0.3 is 6.18 Å². The Morgan fingerprint density at radius 3 is 2.57 bits per heavy atom. The van der Waals surface area contributed by atoms with Gasteiger partial charge in [-0.2, -0.15) is 13.2 Å². The normalized spacial score (nSPS) is 27.3. The number of halogens is 4. The van der Waals surface area contributed by atoms with Crippen molar-refractivity contribution in [3.8, 4) is 0 Å². The predicted octanol–water partition coefficient (Wildman–Crippen LogP) is 3.33. The third-order valence-electron chi connectivity index (χ3n) is 4.76. The van der Waals surface area contributed by atoms with Crippen LogP contribution in [0.1, 0.15) is 36.4 Å². The van der Waals surface area contributed by atoms with E-state index in [2.05, 4.69) is 4.90 Å². The summed E-state index contributed by atoms with van der Waals surface area (Å²) in [7, 11) is 0. The van der Waals surface area contributed by atoms with Gasteiger partial charge in [-0.25, -0.2) is 4.39 Å². The van der Waals surface area contributed by atoms with E-state index in [1.807, 2.05) is 0 Å². The minimum atomic E-state index is -4.68. The van der Waals surface area contributed by atoms with Gasteiger partial charge in [-0.1, -0.05) is 6.07 Å². The van der Waals surface area contributed by atoms with Crippen LogP contribution in [0.25, 0.3) is 0 Å². The van der Waals surface area contributed by atoms with Crippen molar-refractivity contribution in [3.05, 3.63) is 35.1 Å². The van der Waals surface area contributed by atoms with Crippen LogP contribution >= 0.6 is 0 Å². The van der Waals surface area contributed by atoms with Crippen molar-refractivity contribution in [2.45, 2.75) is 37.5 Å². The van der Waals surface area contributed by atoms with Crippen LogP contribution in [-0.4, -0.2) is 24.0 Å². The van der Waals surface area contributed by atoms with Crippen molar-refractivity contribution in [3.63, 3.8) is 0 Å². The summed E-state index contributed by atoms with van der Waals surface area (Å²) in [5.74, 6) is -0.600. The van der Waals surface area contributed by atoms with Gasteiger partial charge in [0.05, 0.1) is 5.56 Å². The lowest BCUT2D eigenvalue weighted by molar-refractivity contribution is -0.140. The molecule has 2 bridgehead atoms. The van der Waals surface area contributed by atoms with Crippen LogP contribution in [0.15, 0.2) is 18.2 Å². The van der Waals surface area contributed by atoms with Gasteiger partial charge in [0.15, 0.2) is 0 Å². The van der Waals surface area contributed by atoms with E-state index in [1.54, 1.807) is 0 Å². The largest absolute Gasteiger partial charge is 0.419 e. The minimum absolute atomic E-state index is 0.242. The van der Waals surface area contributed by atoms with Crippen molar-refractivity contribution in [1.29, 1.82) is 0 Å². The zero-order chi connectivity index (χ0) is 15.2. The summed E-state index contributed by atoms with van der Waals surface area (Å²) in [4.78, 5) is 2.20. The molecule has 2 N–H and O–H groups in total. The van der Waals surface area contributed by atoms with Gasteiger partial charge in [0.1, 0.15) is 5.82 Å². The fourth-order valence-electron chi connectivity index (χ4n) is 3.77. The average Bonchev–Trinajstić information content (AvgIpc) is 3.03. The first-order valence-electron chi connectivity index (χ1n) is 7.22. The highest BCUT2D eigenvalue weighted by atomic mass is 19.4. The molecule has 1 saturated heterocycles. The first-order chi connectivity index (χ1) is 9.90. The number of piperidine rings is 1. The summed E-state index contributed by atoms with van der Waals surface area (Å²) in [5, 5.41) is 0. The van der Waals surface area contributed by atoms with Crippen LogP contribution < -0.4 is 5.73 Å². The molecule has 0 spiro atoms. The fraction of sp³-hybridized carbons (Fsp3) is 0.600. The Balaban J connectivity index is 1.91. The van der Waals surface area contributed by atoms with Crippen LogP contribution in [-0.2, 0) is 6.18 Å². The number of hydrogen-bond acceptors (Lipinski definition) is 2. The molecule has 3 atom stereocenters. The summed E-state index contributed by atoms with van der Waals surface area (Å²) in [6.45, 7) is 1.12. The molecule has 1 heterocycles. The number of hydrogen-bond donors (Lipinski definition) is 1. The summed E-state index contributed by atoms with van der Waals surface area (Å²) >= 11 is 0. The Kier molecular flexibility index (Phi) is 3.69. The molecule has 1 aliphatic carbocycles. The number of alkyl halides is 3. The molecule has 2 aliphatic rings. The van der Waals surface area contributed by atoms with E-state index in [0.29, 0.717) is 17.5 Å². The second kappa shape index (κ2) is 5.25. The zero-order valence-corrected chi connectivity index (χ0v) is 11.5. The van der Waals surface area contributed by atoms with Crippen LogP contribution in [0, 0.1) is 11.7 Å². The number of nitrogens with two attached hydrogens (primary N) is 1. The van der Waals surface area contributed by atoms with Crippen molar-refractivity contribution < 1.29 is 17.6 Å². The summed E-state index contributed by atoms with van der Waals surface area (Å²) in [6, 6.07) is 3.38. The van der Waals surface area contributed by atoms with E-state index < -0.39 is 17.6 Å². The number of benzene rings is 1. The molecule has 0 aromatic heterocycles. The third-order valence-corrected chi connectivity index (χ3v) is 4.76. The van der Waals surface area contributed by atoms with Crippen molar-refractivity contribution in [2.75, 3.05) is 13.1 Å². The molecular weight excluding hydrogens is 284 g/mol. The Morgan fingerprint density at radius 2 is 2.05 bits per heavy atom. The predicted molar refractivity (Wildman–Crippen MR) is 71.0 cm³/mol. The SMILES string of the molecule is NCC(c1ccc(F)c(C(F)(F)F)c1)N1CC2CCC1C2. The number of fused-ring (bicyclic) bond motifs is 2. The van der Waals surface area contributed by atoms with Crippen molar-refractivity contribution in [2.24, 2.45) is 11.7 Å². The molecule has 2 nitrogen and oxygen atoms in total. The Bertz CT molecular complexity index is 529. The third kappa shape index (κ3) is 2.66.